The lowest BCUT2D eigenvalue weighted by Crippen LogP contribution is -2.04. The van der Waals surface area contributed by atoms with E-state index < -0.39 is 0 Å². The van der Waals surface area contributed by atoms with Gasteiger partial charge in [-0.1, -0.05) is 36.2 Å². The summed E-state index contributed by atoms with van der Waals surface area (Å²) in [7, 11) is 0. The molecule has 0 fully saturated rings. The van der Waals surface area contributed by atoms with E-state index in [-0.39, 0.29) is 18.0 Å². The van der Waals surface area contributed by atoms with Crippen molar-refractivity contribution in [3.8, 4) is 18.0 Å². The van der Waals surface area contributed by atoms with Crippen molar-refractivity contribution in [2.75, 3.05) is 0 Å². The van der Waals surface area contributed by atoms with Crippen molar-refractivity contribution in [3.05, 3.63) is 0 Å². The Balaban J connectivity index is 3.04. The van der Waals surface area contributed by atoms with Crippen LogP contribution in [-0.2, 0) is 0 Å². The molecule has 0 bridgehead atoms. The molecule has 0 radical (unpaired) electrons. The highest BCUT2D eigenvalue weighted by molar-refractivity contribution is 5.81. The molecule has 0 amide bonds. The van der Waals surface area contributed by atoms with E-state index in [1.54, 1.807) is 0 Å². The van der Waals surface area contributed by atoms with Gasteiger partial charge in [-0.2, -0.15) is 0 Å². The number of aromatic nitrogens is 3. The first-order valence-corrected chi connectivity index (χ1v) is 7.85. The first kappa shape index (κ1) is 19.5. The lowest BCUT2D eigenvalue weighted by Gasteiger charge is -2.03. The maximum Gasteiger partial charge on any atom is 0.355 e. The van der Waals surface area contributed by atoms with E-state index >= 15 is 0 Å². The minimum absolute atomic E-state index is 0.0588. The Morgan fingerprint density at radius 1 is 0.625 bits per heavy atom. The van der Waals surface area contributed by atoms with Crippen LogP contribution in [0.4, 0.5) is 0 Å². The second-order valence-corrected chi connectivity index (χ2v) is 5.00. The Hall–Kier alpha value is -2.58. The highest BCUT2D eigenvalue weighted by Crippen LogP contribution is 2.16. The van der Waals surface area contributed by atoms with E-state index in [2.05, 4.69) is 30.4 Å². The molecule has 1 aromatic heterocycles. The van der Waals surface area contributed by atoms with Crippen molar-refractivity contribution < 1.29 is 14.5 Å². The largest absolute Gasteiger partial charge is 0.355 e. The summed E-state index contributed by atoms with van der Waals surface area (Å²) in [6.07, 6.45) is 2.24. The fourth-order valence-electron chi connectivity index (χ4n) is 0.993. The first-order valence-electron chi connectivity index (χ1n) is 7.85. The monoisotopic (exact) mass is 336 g/mol. The quantitative estimate of drug-likeness (QED) is 0.506. The number of hydrogen-bond donors (Lipinski definition) is 0. The molecule has 0 saturated carbocycles. The van der Waals surface area contributed by atoms with Crippen LogP contribution < -0.4 is 14.5 Å². The minimum Gasteiger partial charge on any atom is -0.315 e. The highest BCUT2D eigenvalue weighted by Gasteiger charge is 2.11. The summed E-state index contributed by atoms with van der Waals surface area (Å²) in [4.78, 5) is 27.5. The molecular formula is C15H24N6O3. The van der Waals surface area contributed by atoms with Crippen LogP contribution in [0, 0.1) is 0 Å². The number of rotatable bonds is 9. The summed E-state index contributed by atoms with van der Waals surface area (Å²) in [6.45, 7) is 11.4. The van der Waals surface area contributed by atoms with Gasteiger partial charge in [0.15, 0.2) is 0 Å². The predicted octanol–water partition coefficient (Wildman–Crippen LogP) is 3.37. The molecule has 0 aliphatic carbocycles. The third-order valence-corrected chi connectivity index (χ3v) is 2.96. The van der Waals surface area contributed by atoms with Crippen molar-refractivity contribution >= 4 is 17.1 Å². The Bertz CT molecular complexity index is 530. The number of oxime groups is 3. The Morgan fingerprint density at radius 2 is 0.875 bits per heavy atom. The smallest absolute Gasteiger partial charge is 0.315 e. The SMILES string of the molecule is CCC(C)=NOc1nc(O/N=C(/C)CC)nc(O/N=C(\C)CC)n1. The van der Waals surface area contributed by atoms with E-state index in [4.69, 9.17) is 14.5 Å². The summed E-state index contributed by atoms with van der Waals surface area (Å²) >= 11 is 0. The van der Waals surface area contributed by atoms with Crippen molar-refractivity contribution in [1.82, 2.24) is 15.0 Å². The molecule has 0 spiro atoms. The van der Waals surface area contributed by atoms with Crippen LogP contribution in [0.1, 0.15) is 60.8 Å². The summed E-state index contributed by atoms with van der Waals surface area (Å²) in [5.41, 5.74) is 2.38. The lowest BCUT2D eigenvalue weighted by atomic mass is 10.3. The molecule has 1 heterocycles. The normalized spacial score (nSPS) is 13.0. The molecule has 0 aliphatic rings. The molecular weight excluding hydrogens is 312 g/mol. The van der Waals surface area contributed by atoms with Gasteiger partial charge in [-0.25, -0.2) is 0 Å². The van der Waals surface area contributed by atoms with Crippen LogP contribution in [0.15, 0.2) is 15.5 Å². The standard InChI is InChI=1S/C15H24N6O3/c1-7-10(4)19-22-13-16-14(23-20-11(5)8-2)18-15(17-13)24-21-12(6)9-3/h7-9H2,1-6H3/b19-10-,20-11+,21-12?. The molecule has 0 N–H and O–H groups in total. The van der Waals surface area contributed by atoms with E-state index in [1.807, 2.05) is 41.5 Å². The van der Waals surface area contributed by atoms with Gasteiger partial charge in [-0.05, 0) is 40.0 Å². The second-order valence-electron chi connectivity index (χ2n) is 5.00. The van der Waals surface area contributed by atoms with Gasteiger partial charge in [0.2, 0.25) is 0 Å². The molecule has 0 saturated heterocycles. The topological polar surface area (TPSA) is 103 Å². The van der Waals surface area contributed by atoms with Crippen molar-refractivity contribution in [2.24, 2.45) is 15.5 Å². The fourth-order valence-corrected chi connectivity index (χ4v) is 0.993. The van der Waals surface area contributed by atoms with E-state index in [0.717, 1.165) is 36.4 Å². The molecule has 9 heteroatoms. The van der Waals surface area contributed by atoms with E-state index in [1.165, 1.54) is 0 Å². The number of hydrogen-bond acceptors (Lipinski definition) is 9. The van der Waals surface area contributed by atoms with Crippen LogP contribution in [0.25, 0.3) is 0 Å². The highest BCUT2D eigenvalue weighted by atomic mass is 16.7. The van der Waals surface area contributed by atoms with Crippen LogP contribution in [-0.4, -0.2) is 32.1 Å². The van der Waals surface area contributed by atoms with Crippen molar-refractivity contribution in [3.63, 3.8) is 0 Å². The molecule has 0 aliphatic heterocycles. The molecule has 24 heavy (non-hydrogen) atoms. The van der Waals surface area contributed by atoms with Gasteiger partial charge in [-0.15, -0.1) is 15.0 Å². The zero-order chi connectivity index (χ0) is 17.9. The number of nitrogens with zero attached hydrogens (tertiary/aromatic N) is 6. The minimum atomic E-state index is -0.0588. The average Bonchev–Trinajstić information content (AvgIpc) is 2.61. The Morgan fingerprint density at radius 3 is 1.08 bits per heavy atom. The summed E-state index contributed by atoms with van der Waals surface area (Å²) in [5.74, 6) is 0. The summed E-state index contributed by atoms with van der Waals surface area (Å²) < 4.78 is 0. The van der Waals surface area contributed by atoms with Gasteiger partial charge >= 0.3 is 18.0 Å². The van der Waals surface area contributed by atoms with Gasteiger partial charge in [0.05, 0.1) is 17.1 Å². The predicted molar refractivity (Wildman–Crippen MR) is 91.9 cm³/mol. The first-order chi connectivity index (χ1) is 11.5. The maximum absolute atomic E-state index is 5.18. The summed E-state index contributed by atoms with van der Waals surface area (Å²) in [5, 5.41) is 11.7. The van der Waals surface area contributed by atoms with Crippen LogP contribution in [0.3, 0.4) is 0 Å². The van der Waals surface area contributed by atoms with Gasteiger partial charge < -0.3 is 14.5 Å². The molecule has 1 aromatic rings. The van der Waals surface area contributed by atoms with Crippen molar-refractivity contribution in [2.45, 2.75) is 60.8 Å². The van der Waals surface area contributed by atoms with Crippen molar-refractivity contribution in [1.29, 1.82) is 0 Å². The van der Waals surface area contributed by atoms with Gasteiger partial charge in [0.1, 0.15) is 0 Å². The zero-order valence-electron chi connectivity index (χ0n) is 15.0. The lowest BCUT2D eigenvalue weighted by molar-refractivity contribution is 0.249. The molecule has 0 unspecified atom stereocenters. The third kappa shape index (κ3) is 7.12. The zero-order valence-corrected chi connectivity index (χ0v) is 15.0. The Kier molecular flexibility index (Phi) is 8.31. The second kappa shape index (κ2) is 10.2. The molecule has 0 aromatic carbocycles. The summed E-state index contributed by atoms with van der Waals surface area (Å²) in [6, 6.07) is -0.176. The van der Waals surface area contributed by atoms with Crippen LogP contribution in [0.5, 0.6) is 18.0 Å². The van der Waals surface area contributed by atoms with Crippen LogP contribution in [0.2, 0.25) is 0 Å². The average molecular weight is 336 g/mol. The molecule has 132 valence electrons. The molecule has 0 atom stereocenters. The third-order valence-electron chi connectivity index (χ3n) is 2.96. The molecule has 9 nitrogen and oxygen atoms in total. The fraction of sp³-hybridized carbons (Fsp3) is 0.600. The Labute approximate surface area is 141 Å². The van der Waals surface area contributed by atoms with Gasteiger partial charge in [-0.3, -0.25) is 0 Å². The van der Waals surface area contributed by atoms with E-state index in [9.17, 15) is 0 Å². The van der Waals surface area contributed by atoms with Gasteiger partial charge in [0.25, 0.3) is 0 Å². The maximum atomic E-state index is 5.18. The molecule has 1 rings (SSSR count). The van der Waals surface area contributed by atoms with Gasteiger partial charge in [0, 0.05) is 0 Å². The van der Waals surface area contributed by atoms with E-state index in [0.29, 0.717) is 0 Å². The van der Waals surface area contributed by atoms with Crippen LogP contribution >= 0.6 is 0 Å².